The van der Waals surface area contributed by atoms with Crippen molar-refractivity contribution in [3.8, 4) is 0 Å². The maximum absolute atomic E-state index is 5.52. The van der Waals surface area contributed by atoms with Gasteiger partial charge >= 0.3 is 0 Å². The summed E-state index contributed by atoms with van der Waals surface area (Å²) in [5.74, 6) is 0.891. The van der Waals surface area contributed by atoms with Crippen molar-refractivity contribution in [1.82, 2.24) is 10.2 Å². The minimum absolute atomic E-state index is 0.249. The van der Waals surface area contributed by atoms with Crippen LogP contribution in [0.4, 0.5) is 10.8 Å². The molecule has 22 heavy (non-hydrogen) atoms. The molecule has 1 aromatic carbocycles. The fourth-order valence-corrected chi connectivity index (χ4v) is 3.92. The highest BCUT2D eigenvalue weighted by molar-refractivity contribution is 8.01. The van der Waals surface area contributed by atoms with Gasteiger partial charge < -0.3 is 14.8 Å². The van der Waals surface area contributed by atoms with Crippen LogP contribution in [0.3, 0.4) is 0 Å². The van der Waals surface area contributed by atoms with Gasteiger partial charge in [-0.1, -0.05) is 29.2 Å². The van der Waals surface area contributed by atoms with E-state index in [1.807, 2.05) is 0 Å². The topological polar surface area (TPSA) is 56.3 Å². The molecule has 2 aromatic rings. The molecule has 0 aliphatic carbocycles. The van der Waals surface area contributed by atoms with Crippen molar-refractivity contribution in [3.05, 3.63) is 29.3 Å². The number of anilines is 2. The van der Waals surface area contributed by atoms with Crippen LogP contribution in [0.15, 0.2) is 22.5 Å². The van der Waals surface area contributed by atoms with Crippen LogP contribution in [-0.4, -0.2) is 35.5 Å². The Hall–Kier alpha value is -1.15. The molecule has 0 saturated carbocycles. The number of nitrogens with zero attached hydrogens (tertiary/aromatic N) is 2. The highest BCUT2D eigenvalue weighted by Crippen LogP contribution is 2.29. The molecule has 1 atom stereocenters. The van der Waals surface area contributed by atoms with Gasteiger partial charge in [-0.15, -0.1) is 10.2 Å². The molecular weight excluding hydrogens is 318 g/mol. The van der Waals surface area contributed by atoms with E-state index in [0.29, 0.717) is 6.79 Å². The van der Waals surface area contributed by atoms with E-state index in [2.05, 4.69) is 47.6 Å². The van der Waals surface area contributed by atoms with E-state index >= 15 is 0 Å². The largest absolute Gasteiger partial charge is 0.355 e. The van der Waals surface area contributed by atoms with E-state index < -0.39 is 0 Å². The lowest BCUT2D eigenvalue weighted by atomic mass is 10.1. The lowest BCUT2D eigenvalue weighted by Gasteiger charge is -2.21. The second-order valence-corrected chi connectivity index (χ2v) is 7.46. The Morgan fingerprint density at radius 2 is 2.23 bits per heavy atom. The molecule has 1 aliphatic rings. The molecule has 118 valence electrons. The van der Waals surface area contributed by atoms with Crippen LogP contribution in [0.1, 0.15) is 17.5 Å². The predicted octanol–water partition coefficient (Wildman–Crippen LogP) is 3.75. The van der Waals surface area contributed by atoms with Gasteiger partial charge in [-0.25, -0.2) is 0 Å². The van der Waals surface area contributed by atoms with Gasteiger partial charge in [0.05, 0.1) is 12.7 Å². The molecular formula is C15H19N3O2S2. The van der Waals surface area contributed by atoms with Crippen LogP contribution in [0, 0.1) is 13.8 Å². The minimum Gasteiger partial charge on any atom is -0.355 e. The Kier molecular flexibility index (Phi) is 5.30. The summed E-state index contributed by atoms with van der Waals surface area (Å²) in [5.41, 5.74) is 3.60. The number of ether oxygens (including phenoxy) is 2. The fourth-order valence-electron chi connectivity index (χ4n) is 2.06. The molecule has 0 radical (unpaired) electrons. The molecule has 2 heterocycles. The van der Waals surface area contributed by atoms with Gasteiger partial charge in [0.2, 0.25) is 5.13 Å². The normalized spacial score (nSPS) is 18.4. The third kappa shape index (κ3) is 4.19. The Labute approximate surface area is 138 Å². The first-order chi connectivity index (χ1) is 10.7. The van der Waals surface area contributed by atoms with Gasteiger partial charge in [0.1, 0.15) is 6.79 Å². The van der Waals surface area contributed by atoms with Gasteiger partial charge in [0.15, 0.2) is 4.34 Å². The molecule has 1 aliphatic heterocycles. The van der Waals surface area contributed by atoms with E-state index in [1.54, 1.807) is 23.1 Å². The van der Waals surface area contributed by atoms with E-state index in [0.717, 1.165) is 33.9 Å². The van der Waals surface area contributed by atoms with E-state index in [9.17, 15) is 0 Å². The Morgan fingerprint density at radius 1 is 1.32 bits per heavy atom. The zero-order valence-electron chi connectivity index (χ0n) is 12.7. The van der Waals surface area contributed by atoms with Crippen LogP contribution in [0.5, 0.6) is 0 Å². The summed E-state index contributed by atoms with van der Waals surface area (Å²) in [6.07, 6.45) is 1.19. The van der Waals surface area contributed by atoms with Gasteiger partial charge in [-0.05, 0) is 43.5 Å². The molecule has 1 saturated heterocycles. The predicted molar refractivity (Wildman–Crippen MR) is 90.1 cm³/mol. The Balaban J connectivity index is 1.55. The molecule has 0 bridgehead atoms. The summed E-state index contributed by atoms with van der Waals surface area (Å²) in [6, 6.07) is 6.29. The summed E-state index contributed by atoms with van der Waals surface area (Å²) in [6.45, 7) is 5.40. The SMILES string of the molecule is Cc1ccc(Nc2nnc(SC[C@H]3CCOCO3)s2)cc1C. The van der Waals surface area contributed by atoms with Crippen molar-refractivity contribution >= 4 is 33.9 Å². The van der Waals surface area contributed by atoms with Crippen LogP contribution in [0.2, 0.25) is 0 Å². The second kappa shape index (κ2) is 7.41. The number of hydrogen-bond donors (Lipinski definition) is 1. The molecule has 3 rings (SSSR count). The fraction of sp³-hybridized carbons (Fsp3) is 0.467. The zero-order chi connectivity index (χ0) is 15.4. The number of thioether (sulfide) groups is 1. The minimum atomic E-state index is 0.249. The first-order valence-corrected chi connectivity index (χ1v) is 9.01. The maximum atomic E-state index is 5.52. The first kappa shape index (κ1) is 15.7. The number of hydrogen-bond acceptors (Lipinski definition) is 7. The zero-order valence-corrected chi connectivity index (χ0v) is 14.3. The number of aromatic nitrogens is 2. The lowest BCUT2D eigenvalue weighted by Crippen LogP contribution is -2.25. The monoisotopic (exact) mass is 337 g/mol. The van der Waals surface area contributed by atoms with Crippen molar-refractivity contribution in [3.63, 3.8) is 0 Å². The van der Waals surface area contributed by atoms with Crippen LogP contribution >= 0.6 is 23.1 Å². The Bertz CT molecular complexity index is 627. The van der Waals surface area contributed by atoms with Crippen LogP contribution in [-0.2, 0) is 9.47 Å². The summed E-state index contributed by atoms with van der Waals surface area (Å²) >= 11 is 3.26. The second-order valence-electron chi connectivity index (χ2n) is 5.21. The van der Waals surface area contributed by atoms with Gasteiger partial charge in [-0.2, -0.15) is 0 Å². The third-order valence-electron chi connectivity index (χ3n) is 3.53. The summed E-state index contributed by atoms with van der Waals surface area (Å²) in [7, 11) is 0. The highest BCUT2D eigenvalue weighted by atomic mass is 32.2. The van der Waals surface area contributed by atoms with Crippen LogP contribution < -0.4 is 5.32 Å². The van der Waals surface area contributed by atoms with E-state index in [-0.39, 0.29) is 6.10 Å². The van der Waals surface area contributed by atoms with Crippen LogP contribution in [0.25, 0.3) is 0 Å². The third-order valence-corrected chi connectivity index (χ3v) is 5.63. The average Bonchev–Trinajstić information content (AvgIpc) is 2.97. The Morgan fingerprint density at radius 3 is 3.00 bits per heavy atom. The first-order valence-electron chi connectivity index (χ1n) is 7.20. The van der Waals surface area contributed by atoms with Gasteiger partial charge in [0, 0.05) is 11.4 Å². The molecule has 1 fully saturated rings. The number of nitrogens with one attached hydrogen (secondary N) is 1. The molecule has 1 aromatic heterocycles. The van der Waals surface area contributed by atoms with Crippen molar-refractivity contribution < 1.29 is 9.47 Å². The van der Waals surface area contributed by atoms with Crippen molar-refractivity contribution in [2.24, 2.45) is 0 Å². The highest BCUT2D eigenvalue weighted by Gasteiger charge is 2.15. The number of rotatable bonds is 5. The standard InChI is InChI=1S/C15H19N3O2S2/c1-10-3-4-12(7-11(10)2)16-14-17-18-15(22-14)21-8-13-5-6-19-9-20-13/h3-4,7,13H,5-6,8-9H2,1-2H3,(H,16,17)/t13-/m1/s1. The molecule has 0 spiro atoms. The average molecular weight is 337 g/mol. The van der Waals surface area contributed by atoms with Crippen molar-refractivity contribution in [2.75, 3.05) is 24.5 Å². The maximum Gasteiger partial charge on any atom is 0.210 e. The van der Waals surface area contributed by atoms with Crippen molar-refractivity contribution in [1.29, 1.82) is 0 Å². The lowest BCUT2D eigenvalue weighted by molar-refractivity contribution is -0.130. The smallest absolute Gasteiger partial charge is 0.210 e. The summed E-state index contributed by atoms with van der Waals surface area (Å²) in [4.78, 5) is 0. The molecule has 0 amide bonds. The van der Waals surface area contributed by atoms with E-state index in [1.165, 1.54) is 11.1 Å². The van der Waals surface area contributed by atoms with E-state index in [4.69, 9.17) is 9.47 Å². The quantitative estimate of drug-likeness (QED) is 0.839. The summed E-state index contributed by atoms with van der Waals surface area (Å²) in [5, 5.41) is 12.5. The van der Waals surface area contributed by atoms with Crippen molar-refractivity contribution in [2.45, 2.75) is 30.7 Å². The number of benzene rings is 1. The summed E-state index contributed by atoms with van der Waals surface area (Å²) < 4.78 is 11.7. The molecule has 5 nitrogen and oxygen atoms in total. The number of aryl methyl sites for hydroxylation is 2. The molecule has 0 unspecified atom stereocenters. The van der Waals surface area contributed by atoms with Gasteiger partial charge in [-0.3, -0.25) is 0 Å². The molecule has 7 heteroatoms. The molecule has 1 N–H and O–H groups in total. The van der Waals surface area contributed by atoms with Gasteiger partial charge in [0.25, 0.3) is 0 Å².